The van der Waals surface area contributed by atoms with Crippen LogP contribution < -0.4 is 9.47 Å². The van der Waals surface area contributed by atoms with E-state index in [2.05, 4.69) is 31.1 Å². The Balaban J connectivity index is 1.90. The average molecular weight is 422 g/mol. The standard InChI is InChI=1S/C26H28ClNO2/c1-28(2)18-7-19-30-24-16-12-21(13-17-24)25(20-10-14-23(29-3)15-11-20)26(27)22-8-5-4-6-9-22/h4-6,8-17H,7,18-19H2,1-3H3/b26-25-. The lowest BCUT2D eigenvalue weighted by atomic mass is 9.95. The van der Waals surface area contributed by atoms with Crippen molar-refractivity contribution in [3.63, 3.8) is 0 Å². The van der Waals surface area contributed by atoms with Gasteiger partial charge in [-0.05, 0) is 61.5 Å². The van der Waals surface area contributed by atoms with Crippen molar-refractivity contribution >= 4 is 22.2 Å². The zero-order valence-corrected chi connectivity index (χ0v) is 18.5. The molecular weight excluding hydrogens is 394 g/mol. The van der Waals surface area contributed by atoms with Crippen LogP contribution in [0.15, 0.2) is 78.9 Å². The van der Waals surface area contributed by atoms with Gasteiger partial charge in [-0.2, -0.15) is 0 Å². The van der Waals surface area contributed by atoms with Crippen LogP contribution in [0.2, 0.25) is 0 Å². The summed E-state index contributed by atoms with van der Waals surface area (Å²) in [6.07, 6.45) is 0.992. The highest BCUT2D eigenvalue weighted by Crippen LogP contribution is 2.36. The van der Waals surface area contributed by atoms with Crippen LogP contribution in [0.5, 0.6) is 11.5 Å². The van der Waals surface area contributed by atoms with E-state index in [1.807, 2.05) is 66.7 Å². The SMILES string of the molecule is COc1ccc(/C(=C(/Cl)c2ccccc2)c2ccc(OCCCN(C)C)cc2)cc1. The van der Waals surface area contributed by atoms with E-state index in [-0.39, 0.29) is 0 Å². The van der Waals surface area contributed by atoms with Gasteiger partial charge in [0.15, 0.2) is 0 Å². The Labute approximate surface area is 184 Å². The van der Waals surface area contributed by atoms with E-state index in [9.17, 15) is 0 Å². The number of hydrogen-bond donors (Lipinski definition) is 0. The zero-order valence-electron chi connectivity index (χ0n) is 17.8. The molecule has 0 aliphatic carbocycles. The van der Waals surface area contributed by atoms with Crippen LogP contribution in [0.4, 0.5) is 0 Å². The molecule has 0 aromatic heterocycles. The van der Waals surface area contributed by atoms with Gasteiger partial charge in [0.25, 0.3) is 0 Å². The lowest BCUT2D eigenvalue weighted by molar-refractivity contribution is 0.281. The van der Waals surface area contributed by atoms with E-state index in [0.717, 1.165) is 46.7 Å². The molecule has 0 amide bonds. The van der Waals surface area contributed by atoms with Crippen LogP contribution in [-0.4, -0.2) is 39.3 Å². The fourth-order valence-electron chi connectivity index (χ4n) is 3.20. The summed E-state index contributed by atoms with van der Waals surface area (Å²) in [7, 11) is 5.80. The molecule has 0 fully saturated rings. The van der Waals surface area contributed by atoms with Crippen LogP contribution in [0.25, 0.3) is 10.6 Å². The minimum atomic E-state index is 0.698. The van der Waals surface area contributed by atoms with Gasteiger partial charge in [0.2, 0.25) is 0 Å². The number of methoxy groups -OCH3 is 1. The number of nitrogens with zero attached hydrogens (tertiary/aromatic N) is 1. The van der Waals surface area contributed by atoms with E-state index in [4.69, 9.17) is 21.1 Å². The molecule has 0 N–H and O–H groups in total. The first kappa shape index (κ1) is 21.9. The predicted octanol–water partition coefficient (Wildman–Crippen LogP) is 6.18. The van der Waals surface area contributed by atoms with E-state index in [0.29, 0.717) is 11.6 Å². The highest BCUT2D eigenvalue weighted by molar-refractivity contribution is 6.53. The molecule has 156 valence electrons. The van der Waals surface area contributed by atoms with Crippen molar-refractivity contribution < 1.29 is 9.47 Å². The molecule has 0 heterocycles. The molecule has 3 nitrogen and oxygen atoms in total. The zero-order chi connectivity index (χ0) is 21.3. The fraction of sp³-hybridized carbons (Fsp3) is 0.231. The second-order valence-corrected chi connectivity index (χ2v) is 7.69. The Morgan fingerprint density at radius 2 is 1.33 bits per heavy atom. The van der Waals surface area contributed by atoms with E-state index < -0.39 is 0 Å². The predicted molar refractivity (Wildman–Crippen MR) is 126 cm³/mol. The summed E-state index contributed by atoms with van der Waals surface area (Å²) in [5.41, 5.74) is 4.03. The molecule has 0 bridgehead atoms. The second-order valence-electron chi connectivity index (χ2n) is 7.31. The van der Waals surface area contributed by atoms with Crippen LogP contribution >= 0.6 is 11.6 Å². The maximum Gasteiger partial charge on any atom is 0.119 e. The topological polar surface area (TPSA) is 21.7 Å². The summed E-state index contributed by atoms with van der Waals surface area (Å²) >= 11 is 6.90. The Hall–Kier alpha value is -2.75. The number of ether oxygens (including phenoxy) is 2. The molecule has 0 atom stereocenters. The lowest BCUT2D eigenvalue weighted by Gasteiger charge is -2.14. The van der Waals surface area contributed by atoms with E-state index in [1.165, 1.54) is 0 Å². The Morgan fingerprint density at radius 1 is 0.767 bits per heavy atom. The third kappa shape index (κ3) is 5.88. The van der Waals surface area contributed by atoms with Crippen LogP contribution in [0.3, 0.4) is 0 Å². The maximum atomic E-state index is 6.90. The summed E-state index contributed by atoms with van der Waals surface area (Å²) in [4.78, 5) is 2.16. The van der Waals surface area contributed by atoms with Gasteiger partial charge in [0.05, 0.1) is 18.7 Å². The summed E-state index contributed by atoms with van der Waals surface area (Å²) in [6.45, 7) is 1.71. The molecule has 0 aliphatic heterocycles. The molecule has 0 unspecified atom stereocenters. The smallest absolute Gasteiger partial charge is 0.119 e. The molecule has 3 rings (SSSR count). The van der Waals surface area contributed by atoms with Crippen molar-refractivity contribution in [2.45, 2.75) is 6.42 Å². The van der Waals surface area contributed by atoms with E-state index >= 15 is 0 Å². The first-order valence-electron chi connectivity index (χ1n) is 10.1. The first-order valence-corrected chi connectivity index (χ1v) is 10.4. The summed E-state index contributed by atoms with van der Waals surface area (Å²) in [5, 5.41) is 0.709. The van der Waals surface area contributed by atoms with Crippen molar-refractivity contribution in [2.24, 2.45) is 0 Å². The van der Waals surface area contributed by atoms with Crippen molar-refractivity contribution in [1.82, 2.24) is 4.90 Å². The molecule has 0 saturated carbocycles. The molecule has 3 aromatic carbocycles. The fourth-order valence-corrected chi connectivity index (χ4v) is 3.54. The van der Waals surface area contributed by atoms with Crippen molar-refractivity contribution in [3.8, 4) is 11.5 Å². The Bertz CT molecular complexity index is 949. The monoisotopic (exact) mass is 421 g/mol. The van der Waals surface area contributed by atoms with Gasteiger partial charge in [0, 0.05) is 12.1 Å². The van der Waals surface area contributed by atoms with Gasteiger partial charge in [-0.15, -0.1) is 0 Å². The Morgan fingerprint density at radius 3 is 1.87 bits per heavy atom. The maximum absolute atomic E-state index is 6.90. The average Bonchev–Trinajstić information content (AvgIpc) is 2.78. The molecule has 0 aliphatic rings. The normalized spacial score (nSPS) is 11.9. The van der Waals surface area contributed by atoms with Crippen molar-refractivity contribution in [3.05, 3.63) is 95.6 Å². The number of rotatable bonds is 9. The first-order chi connectivity index (χ1) is 14.6. The van der Waals surface area contributed by atoms with Crippen molar-refractivity contribution in [2.75, 3.05) is 34.4 Å². The summed E-state index contributed by atoms with van der Waals surface area (Å²) < 4.78 is 11.2. The lowest BCUT2D eigenvalue weighted by Crippen LogP contribution is -2.15. The molecule has 0 radical (unpaired) electrons. The number of halogens is 1. The largest absolute Gasteiger partial charge is 0.497 e. The van der Waals surface area contributed by atoms with Gasteiger partial charge in [-0.3, -0.25) is 0 Å². The molecule has 0 saturated heterocycles. The van der Waals surface area contributed by atoms with Crippen molar-refractivity contribution in [1.29, 1.82) is 0 Å². The minimum Gasteiger partial charge on any atom is -0.497 e. The van der Waals surface area contributed by atoms with Crippen LogP contribution in [0, 0.1) is 0 Å². The van der Waals surface area contributed by atoms with E-state index in [1.54, 1.807) is 7.11 Å². The van der Waals surface area contributed by atoms with Crippen LogP contribution in [0.1, 0.15) is 23.1 Å². The molecule has 0 spiro atoms. The van der Waals surface area contributed by atoms with Gasteiger partial charge >= 0.3 is 0 Å². The summed E-state index contributed by atoms with van der Waals surface area (Å²) in [6, 6.07) is 26.1. The third-order valence-corrected chi connectivity index (χ3v) is 5.19. The summed E-state index contributed by atoms with van der Waals surface area (Å²) in [5.74, 6) is 1.68. The van der Waals surface area contributed by atoms with Gasteiger partial charge in [0.1, 0.15) is 11.5 Å². The number of hydrogen-bond acceptors (Lipinski definition) is 3. The number of benzene rings is 3. The molecule has 30 heavy (non-hydrogen) atoms. The highest BCUT2D eigenvalue weighted by atomic mass is 35.5. The molecule has 4 heteroatoms. The third-order valence-electron chi connectivity index (χ3n) is 4.79. The van der Waals surface area contributed by atoms with Gasteiger partial charge < -0.3 is 14.4 Å². The minimum absolute atomic E-state index is 0.698. The second kappa shape index (κ2) is 10.9. The quantitative estimate of drug-likeness (QED) is 0.304. The highest BCUT2D eigenvalue weighted by Gasteiger charge is 2.13. The van der Waals surface area contributed by atoms with Gasteiger partial charge in [-0.25, -0.2) is 0 Å². The molecular formula is C26H28ClNO2. The Kier molecular flexibility index (Phi) is 7.95. The van der Waals surface area contributed by atoms with Crippen LogP contribution in [-0.2, 0) is 0 Å². The van der Waals surface area contributed by atoms with Gasteiger partial charge in [-0.1, -0.05) is 66.2 Å². The molecule has 3 aromatic rings.